The molecule has 2 unspecified atom stereocenters. The average Bonchev–Trinajstić information content (AvgIpc) is 2.36. The van der Waals surface area contributed by atoms with Gasteiger partial charge in [-0.05, 0) is 26.7 Å². The quantitative estimate of drug-likeness (QED) is 0.633. The van der Waals surface area contributed by atoms with Gasteiger partial charge in [-0.3, -0.25) is 15.1 Å². The minimum absolute atomic E-state index is 0.183. The molecule has 5 heteroatoms. The molecule has 0 saturated heterocycles. The zero-order chi connectivity index (χ0) is 14.6. The van der Waals surface area contributed by atoms with Crippen molar-refractivity contribution in [3.63, 3.8) is 0 Å². The molecule has 0 aliphatic carbocycles. The van der Waals surface area contributed by atoms with Crippen LogP contribution in [0.15, 0.2) is 6.20 Å². The van der Waals surface area contributed by atoms with Crippen LogP contribution in [0.2, 0.25) is 0 Å². The molecule has 0 bridgehead atoms. The Bertz CT molecular complexity index is 460. The molecule has 19 heavy (non-hydrogen) atoms. The summed E-state index contributed by atoms with van der Waals surface area (Å²) < 4.78 is 0. The van der Waals surface area contributed by atoms with Crippen molar-refractivity contribution in [3.05, 3.63) is 33.1 Å². The molecule has 2 atom stereocenters. The summed E-state index contributed by atoms with van der Waals surface area (Å²) in [6.07, 6.45) is 2.69. The Kier molecular flexibility index (Phi) is 5.42. The lowest BCUT2D eigenvalue weighted by molar-refractivity contribution is -0.386. The topological polar surface area (TPSA) is 68.1 Å². The molecule has 0 aliphatic rings. The number of nitro groups is 1. The van der Waals surface area contributed by atoms with Crippen LogP contribution in [0.25, 0.3) is 0 Å². The Labute approximate surface area is 114 Å². The van der Waals surface area contributed by atoms with E-state index >= 15 is 0 Å². The van der Waals surface area contributed by atoms with Gasteiger partial charge in [0.05, 0.1) is 10.6 Å². The van der Waals surface area contributed by atoms with Gasteiger partial charge in [0.15, 0.2) is 0 Å². The van der Waals surface area contributed by atoms with Crippen molar-refractivity contribution in [2.75, 3.05) is 0 Å². The second-order valence-corrected chi connectivity index (χ2v) is 5.17. The number of pyridine rings is 1. The Hall–Kier alpha value is -1.49. The van der Waals surface area contributed by atoms with Gasteiger partial charge in [-0.1, -0.05) is 20.3 Å². The lowest BCUT2D eigenvalue weighted by Crippen LogP contribution is -2.31. The molecule has 0 spiro atoms. The number of hydrogen-bond donors (Lipinski definition) is 1. The van der Waals surface area contributed by atoms with Gasteiger partial charge in [0.2, 0.25) is 0 Å². The van der Waals surface area contributed by atoms with Gasteiger partial charge < -0.3 is 5.32 Å². The molecule has 1 aromatic heterocycles. The first-order chi connectivity index (χ1) is 8.88. The smallest absolute Gasteiger partial charge is 0.278 e. The normalized spacial score (nSPS) is 14.2. The Balaban J connectivity index is 2.86. The van der Waals surface area contributed by atoms with Gasteiger partial charge in [-0.25, -0.2) is 0 Å². The van der Waals surface area contributed by atoms with Gasteiger partial charge in [0, 0.05) is 29.9 Å². The van der Waals surface area contributed by atoms with Crippen molar-refractivity contribution in [3.8, 4) is 0 Å². The summed E-state index contributed by atoms with van der Waals surface area (Å²) in [6, 6.07) is 0.367. The van der Waals surface area contributed by atoms with Crippen LogP contribution in [-0.4, -0.2) is 15.9 Å². The maximum atomic E-state index is 11.0. The van der Waals surface area contributed by atoms with Crippen LogP contribution in [0, 0.1) is 29.9 Å². The lowest BCUT2D eigenvalue weighted by atomic mass is 10.0. The molecule has 1 rings (SSSR count). The second kappa shape index (κ2) is 6.61. The summed E-state index contributed by atoms with van der Waals surface area (Å²) in [5, 5.41) is 14.4. The minimum Gasteiger partial charge on any atom is -0.308 e. The van der Waals surface area contributed by atoms with Gasteiger partial charge in [0.1, 0.15) is 0 Å². The van der Waals surface area contributed by atoms with E-state index < -0.39 is 0 Å². The van der Waals surface area contributed by atoms with Crippen molar-refractivity contribution in [1.29, 1.82) is 0 Å². The SMILES string of the molecule is CCC(C)C(C)NCc1ncc(C)c([N+](=O)[O-])c1C. The molecule has 106 valence electrons. The minimum atomic E-state index is -0.325. The van der Waals surface area contributed by atoms with Crippen LogP contribution in [0.3, 0.4) is 0 Å². The summed E-state index contributed by atoms with van der Waals surface area (Å²) in [5.74, 6) is 0.570. The molecule has 1 aromatic rings. The highest BCUT2D eigenvalue weighted by molar-refractivity contribution is 5.47. The van der Waals surface area contributed by atoms with Crippen LogP contribution in [0.1, 0.15) is 44.0 Å². The molecule has 0 aromatic carbocycles. The number of aromatic nitrogens is 1. The fourth-order valence-corrected chi connectivity index (χ4v) is 2.04. The molecule has 0 amide bonds. The lowest BCUT2D eigenvalue weighted by Gasteiger charge is -2.20. The fourth-order valence-electron chi connectivity index (χ4n) is 2.04. The van der Waals surface area contributed by atoms with E-state index in [2.05, 4.69) is 31.1 Å². The standard InChI is InChI=1S/C14H23N3O2/c1-6-9(2)12(5)15-8-13-11(4)14(17(18)19)10(3)7-16-13/h7,9,12,15H,6,8H2,1-5H3. The van der Waals surface area contributed by atoms with Crippen LogP contribution in [0.5, 0.6) is 0 Å². The number of rotatable bonds is 6. The summed E-state index contributed by atoms with van der Waals surface area (Å²) in [7, 11) is 0. The Morgan fingerprint density at radius 2 is 2.05 bits per heavy atom. The van der Waals surface area contributed by atoms with Crippen LogP contribution >= 0.6 is 0 Å². The number of nitrogens with zero attached hydrogens (tertiary/aromatic N) is 2. The van der Waals surface area contributed by atoms with Crippen molar-refractivity contribution >= 4 is 5.69 Å². The summed E-state index contributed by atoms with van der Waals surface area (Å²) in [6.45, 7) is 10.5. The van der Waals surface area contributed by atoms with Crippen LogP contribution < -0.4 is 5.32 Å². The molecule has 1 N–H and O–H groups in total. The number of hydrogen-bond acceptors (Lipinski definition) is 4. The third-order valence-corrected chi connectivity index (χ3v) is 3.85. The van der Waals surface area contributed by atoms with E-state index in [1.807, 2.05) is 0 Å². The highest BCUT2D eigenvalue weighted by Crippen LogP contribution is 2.24. The molecular formula is C14H23N3O2. The molecular weight excluding hydrogens is 242 g/mol. The zero-order valence-corrected chi connectivity index (χ0v) is 12.4. The molecule has 0 saturated carbocycles. The van der Waals surface area contributed by atoms with Gasteiger partial charge in [-0.2, -0.15) is 0 Å². The molecule has 0 radical (unpaired) electrons. The van der Waals surface area contributed by atoms with E-state index in [4.69, 9.17) is 0 Å². The number of nitrogens with one attached hydrogen (secondary N) is 1. The highest BCUT2D eigenvalue weighted by Gasteiger charge is 2.19. The largest absolute Gasteiger partial charge is 0.308 e. The van der Waals surface area contributed by atoms with E-state index in [1.54, 1.807) is 20.0 Å². The molecule has 0 aliphatic heterocycles. The van der Waals surface area contributed by atoms with Crippen molar-refractivity contribution < 1.29 is 4.92 Å². The van der Waals surface area contributed by atoms with Gasteiger partial charge in [-0.15, -0.1) is 0 Å². The zero-order valence-electron chi connectivity index (χ0n) is 12.4. The van der Waals surface area contributed by atoms with Crippen molar-refractivity contribution in [2.45, 2.75) is 53.6 Å². The first-order valence-corrected chi connectivity index (χ1v) is 6.71. The third kappa shape index (κ3) is 3.73. The predicted molar refractivity (Wildman–Crippen MR) is 76.1 cm³/mol. The maximum absolute atomic E-state index is 11.0. The fraction of sp³-hybridized carbons (Fsp3) is 0.643. The predicted octanol–water partition coefficient (Wildman–Crippen LogP) is 3.13. The third-order valence-electron chi connectivity index (χ3n) is 3.85. The maximum Gasteiger partial charge on any atom is 0.278 e. The van der Waals surface area contributed by atoms with Crippen LogP contribution in [-0.2, 0) is 6.54 Å². The summed E-state index contributed by atoms with van der Waals surface area (Å²) in [5.41, 5.74) is 2.21. The van der Waals surface area contributed by atoms with E-state index in [0.717, 1.165) is 12.1 Å². The molecule has 0 fully saturated rings. The molecule has 5 nitrogen and oxygen atoms in total. The van der Waals surface area contributed by atoms with E-state index in [-0.39, 0.29) is 10.6 Å². The summed E-state index contributed by atoms with van der Waals surface area (Å²) >= 11 is 0. The first-order valence-electron chi connectivity index (χ1n) is 6.71. The number of aryl methyl sites for hydroxylation is 1. The first kappa shape index (κ1) is 15.6. The summed E-state index contributed by atoms with van der Waals surface area (Å²) in [4.78, 5) is 15.0. The Morgan fingerprint density at radius 1 is 1.42 bits per heavy atom. The van der Waals surface area contributed by atoms with E-state index in [1.165, 1.54) is 0 Å². The van der Waals surface area contributed by atoms with E-state index in [0.29, 0.717) is 29.6 Å². The van der Waals surface area contributed by atoms with Crippen molar-refractivity contribution in [2.24, 2.45) is 5.92 Å². The Morgan fingerprint density at radius 3 is 2.58 bits per heavy atom. The monoisotopic (exact) mass is 265 g/mol. The van der Waals surface area contributed by atoms with Crippen molar-refractivity contribution in [1.82, 2.24) is 10.3 Å². The van der Waals surface area contributed by atoms with Gasteiger partial charge in [0.25, 0.3) is 5.69 Å². The second-order valence-electron chi connectivity index (χ2n) is 5.17. The average molecular weight is 265 g/mol. The van der Waals surface area contributed by atoms with Gasteiger partial charge >= 0.3 is 0 Å². The highest BCUT2D eigenvalue weighted by atomic mass is 16.6. The molecule has 1 heterocycles. The van der Waals surface area contributed by atoms with E-state index in [9.17, 15) is 10.1 Å². The van der Waals surface area contributed by atoms with Crippen LogP contribution in [0.4, 0.5) is 5.69 Å².